The maximum Gasteiger partial charge on any atom is 0.190 e. The molecule has 152 valence electrons. The molecular weight excluding hydrogens is 340 g/mol. The van der Waals surface area contributed by atoms with Gasteiger partial charge in [-0.15, -0.1) is 0 Å². The van der Waals surface area contributed by atoms with E-state index < -0.39 is 0 Å². The van der Waals surface area contributed by atoms with Crippen LogP contribution in [0.2, 0.25) is 0 Å². The molecule has 6 nitrogen and oxygen atoms in total. The van der Waals surface area contributed by atoms with Crippen LogP contribution >= 0.6 is 0 Å². The van der Waals surface area contributed by atoms with Crippen LogP contribution in [-0.2, 0) is 6.42 Å². The lowest BCUT2D eigenvalue weighted by Crippen LogP contribution is -2.40. The molecule has 27 heavy (non-hydrogen) atoms. The van der Waals surface area contributed by atoms with E-state index in [1.54, 1.807) is 14.2 Å². The first-order chi connectivity index (χ1) is 13.2. The number of nitrogens with zero attached hydrogens (tertiary/aromatic N) is 2. The molecule has 0 spiro atoms. The SMILES string of the molecule is CN=C(NCCCN1CCC(C)CC1)NCCc1cc(OC)ccc1OC. The van der Waals surface area contributed by atoms with Crippen LogP contribution in [0.15, 0.2) is 23.2 Å². The lowest BCUT2D eigenvalue weighted by molar-refractivity contribution is 0.191. The Labute approximate surface area is 164 Å². The van der Waals surface area contributed by atoms with Gasteiger partial charge >= 0.3 is 0 Å². The molecule has 1 fully saturated rings. The van der Waals surface area contributed by atoms with Gasteiger partial charge in [-0.2, -0.15) is 0 Å². The fourth-order valence-electron chi connectivity index (χ4n) is 3.41. The first kappa shape index (κ1) is 21.4. The van der Waals surface area contributed by atoms with E-state index >= 15 is 0 Å². The van der Waals surface area contributed by atoms with Gasteiger partial charge in [0.05, 0.1) is 14.2 Å². The van der Waals surface area contributed by atoms with Crippen molar-refractivity contribution in [3.05, 3.63) is 23.8 Å². The molecule has 0 radical (unpaired) electrons. The second-order valence-corrected chi connectivity index (χ2v) is 7.23. The number of piperidine rings is 1. The predicted molar refractivity (Wildman–Crippen MR) is 112 cm³/mol. The van der Waals surface area contributed by atoms with Crippen LogP contribution in [0.1, 0.15) is 31.7 Å². The van der Waals surface area contributed by atoms with Crippen LogP contribution in [0.4, 0.5) is 0 Å². The molecule has 0 bridgehead atoms. The fraction of sp³-hybridized carbons (Fsp3) is 0.667. The van der Waals surface area contributed by atoms with Crippen molar-refractivity contribution in [3.63, 3.8) is 0 Å². The van der Waals surface area contributed by atoms with E-state index in [0.717, 1.165) is 61.4 Å². The number of methoxy groups -OCH3 is 2. The molecule has 1 saturated heterocycles. The lowest BCUT2D eigenvalue weighted by atomic mass is 9.99. The number of benzene rings is 1. The second kappa shape index (κ2) is 11.7. The van der Waals surface area contributed by atoms with Crippen LogP contribution in [0.5, 0.6) is 11.5 Å². The maximum atomic E-state index is 5.44. The molecule has 1 heterocycles. The number of nitrogens with one attached hydrogen (secondary N) is 2. The van der Waals surface area contributed by atoms with E-state index in [-0.39, 0.29) is 0 Å². The minimum atomic E-state index is 0.785. The highest BCUT2D eigenvalue weighted by Crippen LogP contribution is 2.24. The number of hydrogen-bond acceptors (Lipinski definition) is 4. The zero-order chi connectivity index (χ0) is 19.5. The molecule has 0 saturated carbocycles. The third-order valence-electron chi connectivity index (χ3n) is 5.22. The molecule has 0 unspecified atom stereocenters. The van der Waals surface area contributed by atoms with Crippen molar-refractivity contribution in [2.24, 2.45) is 10.9 Å². The first-order valence-electron chi connectivity index (χ1n) is 10.0. The maximum absolute atomic E-state index is 5.44. The first-order valence-corrected chi connectivity index (χ1v) is 10.0. The summed E-state index contributed by atoms with van der Waals surface area (Å²) >= 11 is 0. The Balaban J connectivity index is 1.67. The summed E-state index contributed by atoms with van der Waals surface area (Å²) in [6.07, 6.45) is 4.65. The number of hydrogen-bond donors (Lipinski definition) is 2. The van der Waals surface area contributed by atoms with Crippen molar-refractivity contribution in [1.29, 1.82) is 0 Å². The number of guanidine groups is 1. The van der Waals surface area contributed by atoms with Gasteiger partial charge in [-0.05, 0) is 75.0 Å². The van der Waals surface area contributed by atoms with Crippen LogP contribution in [0, 0.1) is 5.92 Å². The summed E-state index contributed by atoms with van der Waals surface area (Å²) in [5.41, 5.74) is 1.12. The van der Waals surface area contributed by atoms with Gasteiger partial charge < -0.3 is 25.0 Å². The third-order valence-corrected chi connectivity index (χ3v) is 5.22. The standard InChI is InChI=1S/C21H36N4O2/c1-17-9-14-25(15-10-17)13-5-11-23-21(22-2)24-12-8-18-16-19(26-3)6-7-20(18)27-4/h6-7,16-17H,5,8-15H2,1-4H3,(H2,22,23,24). The van der Waals surface area contributed by atoms with Crippen LogP contribution < -0.4 is 20.1 Å². The number of ether oxygens (including phenoxy) is 2. The van der Waals surface area contributed by atoms with Crippen molar-refractivity contribution < 1.29 is 9.47 Å². The van der Waals surface area contributed by atoms with Gasteiger partial charge in [0.15, 0.2) is 5.96 Å². The summed E-state index contributed by atoms with van der Waals surface area (Å²) < 4.78 is 10.7. The van der Waals surface area contributed by atoms with E-state index in [4.69, 9.17) is 9.47 Å². The average molecular weight is 377 g/mol. The second-order valence-electron chi connectivity index (χ2n) is 7.23. The summed E-state index contributed by atoms with van der Waals surface area (Å²) in [4.78, 5) is 6.89. The minimum absolute atomic E-state index is 0.785. The summed E-state index contributed by atoms with van der Waals surface area (Å²) in [6, 6.07) is 5.89. The highest BCUT2D eigenvalue weighted by molar-refractivity contribution is 5.79. The van der Waals surface area contributed by atoms with Gasteiger partial charge in [0.1, 0.15) is 11.5 Å². The van der Waals surface area contributed by atoms with Crippen LogP contribution in [-0.4, -0.2) is 64.9 Å². The van der Waals surface area contributed by atoms with Crippen LogP contribution in [0.25, 0.3) is 0 Å². The van der Waals surface area contributed by atoms with Gasteiger partial charge in [-0.25, -0.2) is 0 Å². The smallest absolute Gasteiger partial charge is 0.190 e. The zero-order valence-corrected chi connectivity index (χ0v) is 17.4. The molecular formula is C21H36N4O2. The largest absolute Gasteiger partial charge is 0.497 e. The molecule has 1 aliphatic rings. The number of likely N-dealkylation sites (tertiary alicyclic amines) is 1. The van der Waals surface area contributed by atoms with E-state index in [1.807, 2.05) is 25.2 Å². The van der Waals surface area contributed by atoms with Crippen molar-refractivity contribution in [2.45, 2.75) is 32.6 Å². The van der Waals surface area contributed by atoms with Gasteiger partial charge in [0.2, 0.25) is 0 Å². The Morgan fingerprint density at radius 1 is 1.15 bits per heavy atom. The molecule has 2 rings (SSSR count). The Bertz CT molecular complexity index is 584. The summed E-state index contributed by atoms with van der Waals surface area (Å²) in [5.74, 6) is 3.48. The molecule has 1 aromatic carbocycles. The fourth-order valence-corrected chi connectivity index (χ4v) is 3.41. The van der Waals surface area contributed by atoms with Crippen molar-refractivity contribution in [3.8, 4) is 11.5 Å². The normalized spacial score (nSPS) is 16.2. The zero-order valence-electron chi connectivity index (χ0n) is 17.4. The van der Waals surface area contributed by atoms with Gasteiger partial charge in [-0.1, -0.05) is 6.92 Å². The quantitative estimate of drug-likeness (QED) is 0.394. The Kier molecular flexibility index (Phi) is 9.25. The van der Waals surface area contributed by atoms with Gasteiger partial charge in [0, 0.05) is 20.1 Å². The Morgan fingerprint density at radius 3 is 2.56 bits per heavy atom. The van der Waals surface area contributed by atoms with E-state index in [9.17, 15) is 0 Å². The van der Waals surface area contributed by atoms with Gasteiger partial charge in [0.25, 0.3) is 0 Å². The molecule has 0 aliphatic carbocycles. The number of rotatable bonds is 9. The molecule has 1 aliphatic heterocycles. The summed E-state index contributed by atoms with van der Waals surface area (Å²) in [5, 5.41) is 6.79. The van der Waals surface area contributed by atoms with Crippen molar-refractivity contribution in [1.82, 2.24) is 15.5 Å². The topological polar surface area (TPSA) is 58.1 Å². The molecule has 1 aromatic rings. The van der Waals surface area contributed by atoms with Crippen LogP contribution in [0.3, 0.4) is 0 Å². The Morgan fingerprint density at radius 2 is 1.89 bits per heavy atom. The summed E-state index contributed by atoms with van der Waals surface area (Å²) in [6.45, 7) is 7.74. The average Bonchev–Trinajstić information content (AvgIpc) is 2.70. The summed E-state index contributed by atoms with van der Waals surface area (Å²) in [7, 11) is 5.19. The molecule has 2 N–H and O–H groups in total. The van der Waals surface area contributed by atoms with Gasteiger partial charge in [-0.3, -0.25) is 4.99 Å². The minimum Gasteiger partial charge on any atom is -0.497 e. The number of aliphatic imine (C=N–C) groups is 1. The highest BCUT2D eigenvalue weighted by Gasteiger charge is 2.14. The molecule has 0 aromatic heterocycles. The van der Waals surface area contributed by atoms with Crippen molar-refractivity contribution >= 4 is 5.96 Å². The molecule has 0 amide bonds. The lowest BCUT2D eigenvalue weighted by Gasteiger charge is -2.30. The highest BCUT2D eigenvalue weighted by atomic mass is 16.5. The molecule has 6 heteroatoms. The van der Waals surface area contributed by atoms with Crippen molar-refractivity contribution in [2.75, 3.05) is 54.0 Å². The predicted octanol–water partition coefficient (Wildman–Crippen LogP) is 2.53. The Hall–Kier alpha value is -1.95. The third kappa shape index (κ3) is 7.29. The molecule has 0 atom stereocenters. The van der Waals surface area contributed by atoms with E-state index in [2.05, 4.69) is 27.4 Å². The monoisotopic (exact) mass is 376 g/mol. The van der Waals surface area contributed by atoms with E-state index in [0.29, 0.717) is 0 Å². The van der Waals surface area contributed by atoms with E-state index in [1.165, 1.54) is 25.9 Å².